The second-order valence-electron chi connectivity index (χ2n) is 8.24. The lowest BCUT2D eigenvalue weighted by molar-refractivity contribution is 0.130. The number of hydrogen-bond acceptors (Lipinski definition) is 6. The Morgan fingerprint density at radius 1 is 0.970 bits per heavy atom. The molecule has 166 valence electrons. The predicted molar refractivity (Wildman–Crippen MR) is 129 cm³/mol. The average Bonchev–Trinajstić information content (AvgIpc) is 3.58. The monoisotopic (exact) mass is 438 g/mol. The molecule has 0 bridgehead atoms. The molecule has 1 fully saturated rings. The summed E-state index contributed by atoms with van der Waals surface area (Å²) in [5.74, 6) is 1.64. The Morgan fingerprint density at radius 2 is 1.70 bits per heavy atom. The van der Waals surface area contributed by atoms with Crippen LogP contribution in [0.2, 0.25) is 0 Å². The van der Waals surface area contributed by atoms with Crippen molar-refractivity contribution in [3.05, 3.63) is 95.9 Å². The molecule has 5 rings (SSSR count). The highest BCUT2D eigenvalue weighted by Crippen LogP contribution is 2.24. The molecule has 0 aliphatic carbocycles. The molecule has 1 N–H and O–H groups in total. The Morgan fingerprint density at radius 3 is 2.42 bits per heavy atom. The van der Waals surface area contributed by atoms with Crippen LogP contribution >= 0.6 is 0 Å². The van der Waals surface area contributed by atoms with Crippen molar-refractivity contribution < 1.29 is 9.36 Å². The van der Waals surface area contributed by atoms with Gasteiger partial charge in [-0.2, -0.15) is 4.98 Å². The van der Waals surface area contributed by atoms with Gasteiger partial charge >= 0.3 is 0 Å². The second-order valence-corrected chi connectivity index (χ2v) is 8.24. The molecule has 4 aromatic rings. The van der Waals surface area contributed by atoms with Crippen LogP contribution in [0, 0.1) is 0 Å². The molecular weight excluding hydrogens is 412 g/mol. The Labute approximate surface area is 193 Å². The molecule has 6 nitrogen and oxygen atoms in total. The second kappa shape index (κ2) is 9.79. The van der Waals surface area contributed by atoms with E-state index in [0.29, 0.717) is 24.2 Å². The Hall–Kier alpha value is -3.77. The van der Waals surface area contributed by atoms with E-state index >= 15 is 0 Å². The number of oxime groups is 1. The lowest BCUT2D eigenvalue weighted by Crippen LogP contribution is -2.08. The molecule has 0 radical (unpaired) electrons. The molecule has 2 heterocycles. The van der Waals surface area contributed by atoms with Crippen molar-refractivity contribution >= 4 is 5.71 Å². The molecule has 1 aliphatic heterocycles. The zero-order valence-corrected chi connectivity index (χ0v) is 18.6. The number of nitrogens with one attached hydrogen (secondary N) is 1. The van der Waals surface area contributed by atoms with E-state index in [0.717, 1.165) is 41.9 Å². The maximum Gasteiger partial charge on any atom is 0.231 e. The van der Waals surface area contributed by atoms with Crippen LogP contribution in [0.25, 0.3) is 22.5 Å². The fourth-order valence-electron chi connectivity index (χ4n) is 3.92. The SMILES string of the molecule is CC(=NOCc1ccc(-c2ccccc2)cc1)c1ccc(-c2noc([C@@H]3CCNC3)n2)cc1. The minimum absolute atomic E-state index is 0.312. The third-order valence-electron chi connectivity index (χ3n) is 5.91. The molecule has 1 saturated heterocycles. The Bertz CT molecular complexity index is 1210. The number of aromatic nitrogens is 2. The summed E-state index contributed by atoms with van der Waals surface area (Å²) < 4.78 is 5.46. The van der Waals surface area contributed by atoms with E-state index < -0.39 is 0 Å². The van der Waals surface area contributed by atoms with E-state index in [9.17, 15) is 0 Å². The van der Waals surface area contributed by atoms with Gasteiger partial charge in [-0.25, -0.2) is 0 Å². The van der Waals surface area contributed by atoms with Crippen molar-refractivity contribution in [2.24, 2.45) is 5.16 Å². The van der Waals surface area contributed by atoms with Gasteiger partial charge in [0.15, 0.2) is 0 Å². The Kier molecular flexibility index (Phi) is 6.26. The van der Waals surface area contributed by atoms with Gasteiger partial charge in [-0.1, -0.05) is 89.2 Å². The van der Waals surface area contributed by atoms with Crippen LogP contribution in [0.4, 0.5) is 0 Å². The summed E-state index contributed by atoms with van der Waals surface area (Å²) in [7, 11) is 0. The van der Waals surface area contributed by atoms with E-state index in [4.69, 9.17) is 9.36 Å². The van der Waals surface area contributed by atoms with Gasteiger partial charge in [-0.3, -0.25) is 0 Å². The summed E-state index contributed by atoms with van der Waals surface area (Å²) in [5, 5.41) is 11.8. The van der Waals surface area contributed by atoms with Crippen LogP contribution in [0.5, 0.6) is 0 Å². The first-order chi connectivity index (χ1) is 16.3. The fraction of sp³-hybridized carbons (Fsp3) is 0.222. The molecule has 33 heavy (non-hydrogen) atoms. The molecule has 0 saturated carbocycles. The van der Waals surface area contributed by atoms with Crippen LogP contribution in [0.3, 0.4) is 0 Å². The average molecular weight is 439 g/mol. The fourth-order valence-corrected chi connectivity index (χ4v) is 3.92. The molecule has 0 spiro atoms. The number of rotatable bonds is 7. The normalized spacial score (nSPS) is 16.2. The van der Waals surface area contributed by atoms with Crippen molar-refractivity contribution in [2.75, 3.05) is 13.1 Å². The smallest absolute Gasteiger partial charge is 0.231 e. The largest absolute Gasteiger partial charge is 0.391 e. The molecule has 1 aromatic heterocycles. The minimum Gasteiger partial charge on any atom is -0.391 e. The van der Waals surface area contributed by atoms with Gasteiger partial charge in [0.05, 0.1) is 11.6 Å². The van der Waals surface area contributed by atoms with Gasteiger partial charge in [0.1, 0.15) is 6.61 Å². The third kappa shape index (κ3) is 5.02. The van der Waals surface area contributed by atoms with Gasteiger partial charge in [-0.15, -0.1) is 0 Å². The lowest BCUT2D eigenvalue weighted by Gasteiger charge is -2.05. The highest BCUT2D eigenvalue weighted by Gasteiger charge is 2.23. The van der Waals surface area contributed by atoms with Crippen molar-refractivity contribution in [2.45, 2.75) is 25.9 Å². The maximum atomic E-state index is 5.60. The highest BCUT2D eigenvalue weighted by atomic mass is 16.6. The van der Waals surface area contributed by atoms with Crippen LogP contribution in [-0.4, -0.2) is 28.9 Å². The van der Waals surface area contributed by atoms with E-state index in [2.05, 4.69) is 57.0 Å². The standard InChI is InChI=1S/C27H26N4O2/c1-19(30-32-18-20-7-9-23(10-8-20)22-5-3-2-4-6-22)21-11-13-24(14-12-21)26-29-27(33-31-26)25-15-16-28-17-25/h2-14,25,28H,15-18H2,1H3/t25-/m1/s1. The number of hydrogen-bond donors (Lipinski definition) is 1. The molecule has 0 unspecified atom stereocenters. The summed E-state index contributed by atoms with van der Waals surface area (Å²) in [4.78, 5) is 10.2. The van der Waals surface area contributed by atoms with Crippen LogP contribution in [0.15, 0.2) is 88.5 Å². The first-order valence-corrected chi connectivity index (χ1v) is 11.2. The van der Waals surface area contributed by atoms with E-state index in [1.54, 1.807) is 0 Å². The van der Waals surface area contributed by atoms with Crippen molar-refractivity contribution in [3.63, 3.8) is 0 Å². The molecule has 0 amide bonds. The molecule has 3 aromatic carbocycles. The lowest BCUT2D eigenvalue weighted by atomic mass is 10.0. The molecule has 1 aliphatic rings. The summed E-state index contributed by atoms with van der Waals surface area (Å²) in [6.07, 6.45) is 1.04. The molecule has 1 atom stereocenters. The van der Waals surface area contributed by atoms with Gasteiger partial charge in [-0.05, 0) is 42.1 Å². The number of benzene rings is 3. The van der Waals surface area contributed by atoms with E-state index in [1.807, 2.05) is 49.4 Å². The van der Waals surface area contributed by atoms with Crippen LogP contribution in [-0.2, 0) is 11.4 Å². The van der Waals surface area contributed by atoms with Crippen molar-refractivity contribution in [3.8, 4) is 22.5 Å². The maximum absolute atomic E-state index is 5.60. The minimum atomic E-state index is 0.312. The van der Waals surface area contributed by atoms with Crippen molar-refractivity contribution in [1.82, 2.24) is 15.5 Å². The van der Waals surface area contributed by atoms with Gasteiger partial charge in [0.25, 0.3) is 0 Å². The van der Waals surface area contributed by atoms with Gasteiger partial charge < -0.3 is 14.7 Å². The first-order valence-electron chi connectivity index (χ1n) is 11.2. The van der Waals surface area contributed by atoms with Crippen LogP contribution in [0.1, 0.15) is 36.3 Å². The van der Waals surface area contributed by atoms with Gasteiger partial charge in [0.2, 0.25) is 11.7 Å². The molecular formula is C27H26N4O2. The summed E-state index contributed by atoms with van der Waals surface area (Å²) in [5.41, 5.74) is 6.19. The zero-order valence-electron chi connectivity index (χ0n) is 18.6. The summed E-state index contributed by atoms with van der Waals surface area (Å²) in [6.45, 7) is 4.25. The van der Waals surface area contributed by atoms with E-state index in [1.165, 1.54) is 11.1 Å². The van der Waals surface area contributed by atoms with Crippen LogP contribution < -0.4 is 5.32 Å². The van der Waals surface area contributed by atoms with Gasteiger partial charge in [0, 0.05) is 12.1 Å². The first kappa shape index (κ1) is 21.1. The quantitative estimate of drug-likeness (QED) is 0.308. The molecule has 6 heteroatoms. The van der Waals surface area contributed by atoms with E-state index in [-0.39, 0.29) is 0 Å². The predicted octanol–water partition coefficient (Wildman–Crippen LogP) is 5.42. The number of nitrogens with zero attached hydrogens (tertiary/aromatic N) is 3. The third-order valence-corrected chi connectivity index (χ3v) is 5.91. The highest BCUT2D eigenvalue weighted by molar-refractivity contribution is 5.98. The zero-order chi connectivity index (χ0) is 22.5. The summed E-state index contributed by atoms with van der Waals surface area (Å²) in [6, 6.07) is 26.7. The summed E-state index contributed by atoms with van der Waals surface area (Å²) >= 11 is 0. The Balaban J connectivity index is 1.18. The van der Waals surface area contributed by atoms with Crippen molar-refractivity contribution in [1.29, 1.82) is 0 Å². The topological polar surface area (TPSA) is 72.5 Å².